The van der Waals surface area contributed by atoms with Crippen LogP contribution in [0.15, 0.2) is 22.2 Å². The van der Waals surface area contributed by atoms with Gasteiger partial charge in [0.05, 0.1) is 5.69 Å². The summed E-state index contributed by atoms with van der Waals surface area (Å²) in [6, 6.07) is 0.489. The van der Waals surface area contributed by atoms with Crippen LogP contribution in [0.1, 0.15) is 36.8 Å². The Morgan fingerprint density at radius 1 is 1.40 bits per heavy atom. The van der Waals surface area contributed by atoms with E-state index in [-0.39, 0.29) is 24.0 Å². The second-order valence-electron chi connectivity index (χ2n) is 6.32. The Balaban J connectivity index is 0.00000312. The van der Waals surface area contributed by atoms with Crippen LogP contribution in [0.5, 0.6) is 0 Å². The second-order valence-corrected chi connectivity index (χ2v) is 6.32. The first-order valence-corrected chi connectivity index (χ1v) is 8.93. The summed E-state index contributed by atoms with van der Waals surface area (Å²) in [5.74, 6) is 1.81. The smallest absolute Gasteiger partial charge is 0.191 e. The molecule has 1 aliphatic rings. The highest BCUT2D eigenvalue weighted by Crippen LogP contribution is 2.13. The molecule has 1 fully saturated rings. The Bertz CT molecular complexity index is 530. The van der Waals surface area contributed by atoms with Crippen molar-refractivity contribution in [3.63, 3.8) is 0 Å². The van der Waals surface area contributed by atoms with Crippen molar-refractivity contribution in [2.45, 2.75) is 46.1 Å². The number of aromatic nitrogens is 1. The number of guanidine groups is 1. The molecule has 2 heterocycles. The van der Waals surface area contributed by atoms with Crippen LogP contribution in [0.2, 0.25) is 0 Å². The van der Waals surface area contributed by atoms with Crippen LogP contribution in [0.3, 0.4) is 0 Å². The molecule has 2 N–H and O–H groups in total. The summed E-state index contributed by atoms with van der Waals surface area (Å²) in [6.45, 7) is 14.7. The second kappa shape index (κ2) is 11.5. The molecule has 142 valence electrons. The van der Waals surface area contributed by atoms with E-state index < -0.39 is 0 Å². The van der Waals surface area contributed by atoms with Gasteiger partial charge in [-0.15, -0.1) is 30.6 Å². The minimum Gasteiger partial charge on any atom is -0.361 e. The lowest BCUT2D eigenvalue weighted by Gasteiger charge is -2.32. The van der Waals surface area contributed by atoms with Crippen molar-refractivity contribution in [2.75, 3.05) is 32.7 Å². The number of rotatable bonds is 7. The molecule has 2 rings (SSSR count). The standard InChI is InChI=1S/C18H31N5O.HI/c1-5-11-23-12-8-16(9-13-23)21-18(19-6-2)20-10-7-17-14(3)22-24-15(17)4;/h5,16H,1,6-13H2,2-4H3,(H2,19,20,21);1H. The third kappa shape index (κ3) is 6.97. The lowest BCUT2D eigenvalue weighted by molar-refractivity contribution is 0.225. The highest BCUT2D eigenvalue weighted by Gasteiger charge is 2.19. The highest BCUT2D eigenvalue weighted by molar-refractivity contribution is 14.0. The number of likely N-dealkylation sites (tertiary alicyclic amines) is 1. The number of halogens is 1. The molecule has 0 unspecified atom stereocenters. The van der Waals surface area contributed by atoms with E-state index in [9.17, 15) is 0 Å². The van der Waals surface area contributed by atoms with Crippen LogP contribution >= 0.6 is 24.0 Å². The van der Waals surface area contributed by atoms with Gasteiger partial charge < -0.3 is 15.2 Å². The predicted molar refractivity (Wildman–Crippen MR) is 114 cm³/mol. The fraction of sp³-hybridized carbons (Fsp3) is 0.667. The molecule has 0 aromatic carbocycles. The molecule has 0 spiro atoms. The molecule has 0 aliphatic carbocycles. The van der Waals surface area contributed by atoms with Gasteiger partial charge in [0.25, 0.3) is 0 Å². The van der Waals surface area contributed by atoms with Gasteiger partial charge in [-0.1, -0.05) is 11.2 Å². The molecule has 0 atom stereocenters. The average molecular weight is 461 g/mol. The van der Waals surface area contributed by atoms with Crippen LogP contribution in [-0.2, 0) is 6.42 Å². The highest BCUT2D eigenvalue weighted by atomic mass is 127. The Hall–Kier alpha value is -1.09. The Morgan fingerprint density at radius 2 is 2.12 bits per heavy atom. The van der Waals surface area contributed by atoms with E-state index in [1.54, 1.807) is 0 Å². The van der Waals surface area contributed by atoms with Crippen LogP contribution in [0, 0.1) is 13.8 Å². The van der Waals surface area contributed by atoms with Crippen molar-refractivity contribution in [1.29, 1.82) is 0 Å². The summed E-state index contributed by atoms with van der Waals surface area (Å²) in [5.41, 5.74) is 2.14. The van der Waals surface area contributed by atoms with Crippen LogP contribution in [0.4, 0.5) is 0 Å². The van der Waals surface area contributed by atoms with Gasteiger partial charge in [-0.3, -0.25) is 9.89 Å². The number of hydrogen-bond acceptors (Lipinski definition) is 4. The summed E-state index contributed by atoms with van der Waals surface area (Å²) in [4.78, 5) is 7.15. The van der Waals surface area contributed by atoms with Gasteiger partial charge in [0.15, 0.2) is 5.96 Å². The summed E-state index contributed by atoms with van der Waals surface area (Å²) >= 11 is 0. The lowest BCUT2D eigenvalue weighted by atomic mass is 10.1. The summed E-state index contributed by atoms with van der Waals surface area (Å²) in [7, 11) is 0. The van der Waals surface area contributed by atoms with E-state index in [2.05, 4.69) is 34.2 Å². The lowest BCUT2D eigenvalue weighted by Crippen LogP contribution is -2.48. The first kappa shape index (κ1) is 22.0. The van der Waals surface area contributed by atoms with E-state index in [4.69, 9.17) is 9.52 Å². The largest absolute Gasteiger partial charge is 0.361 e. The Morgan fingerprint density at radius 3 is 2.68 bits per heavy atom. The molecule has 0 bridgehead atoms. The quantitative estimate of drug-likeness (QED) is 0.283. The molecular formula is C18H32IN5O. The van der Waals surface area contributed by atoms with Gasteiger partial charge in [0.1, 0.15) is 5.76 Å². The maximum Gasteiger partial charge on any atom is 0.191 e. The molecule has 1 aromatic rings. The number of nitrogens with one attached hydrogen (secondary N) is 2. The molecule has 0 saturated carbocycles. The van der Waals surface area contributed by atoms with E-state index in [1.807, 2.05) is 19.9 Å². The van der Waals surface area contributed by atoms with E-state index in [0.29, 0.717) is 6.04 Å². The fourth-order valence-electron chi connectivity index (χ4n) is 3.09. The molecule has 0 amide bonds. The van der Waals surface area contributed by atoms with Gasteiger partial charge in [0, 0.05) is 44.3 Å². The number of hydrogen-bond donors (Lipinski definition) is 2. The van der Waals surface area contributed by atoms with Crippen LogP contribution < -0.4 is 10.6 Å². The summed E-state index contributed by atoms with van der Waals surface area (Å²) in [5, 5.41) is 10.9. The zero-order chi connectivity index (χ0) is 17.4. The zero-order valence-corrected chi connectivity index (χ0v) is 18.0. The van der Waals surface area contributed by atoms with E-state index in [0.717, 1.165) is 69.4 Å². The SMILES string of the molecule is C=CCN1CCC(NC(=NCCc2c(C)noc2C)NCC)CC1.I. The minimum absolute atomic E-state index is 0. The van der Waals surface area contributed by atoms with Gasteiger partial charge in [-0.2, -0.15) is 0 Å². The van der Waals surface area contributed by atoms with Gasteiger partial charge in [-0.25, -0.2) is 0 Å². The molecular weight excluding hydrogens is 429 g/mol. The number of nitrogens with zero attached hydrogens (tertiary/aromatic N) is 3. The number of piperidine rings is 1. The Labute approximate surface area is 168 Å². The third-order valence-electron chi connectivity index (χ3n) is 4.47. The van der Waals surface area contributed by atoms with Crippen LogP contribution in [0.25, 0.3) is 0 Å². The fourth-order valence-corrected chi connectivity index (χ4v) is 3.09. The average Bonchev–Trinajstić information content (AvgIpc) is 2.89. The van der Waals surface area contributed by atoms with Crippen molar-refractivity contribution in [1.82, 2.24) is 20.7 Å². The first-order chi connectivity index (χ1) is 11.6. The van der Waals surface area contributed by atoms with Gasteiger partial charge in [-0.05, 0) is 40.0 Å². The normalized spacial score (nSPS) is 16.4. The topological polar surface area (TPSA) is 65.7 Å². The van der Waals surface area contributed by atoms with E-state index >= 15 is 0 Å². The maximum absolute atomic E-state index is 5.21. The minimum atomic E-state index is 0. The molecule has 1 aromatic heterocycles. The molecule has 7 heteroatoms. The number of aliphatic imine (C=N–C) groups is 1. The van der Waals surface area contributed by atoms with Crippen molar-refractivity contribution in [3.8, 4) is 0 Å². The monoisotopic (exact) mass is 461 g/mol. The molecule has 1 saturated heterocycles. The van der Waals surface area contributed by atoms with Crippen molar-refractivity contribution in [2.24, 2.45) is 4.99 Å². The maximum atomic E-state index is 5.21. The van der Waals surface area contributed by atoms with Crippen LogP contribution in [-0.4, -0.2) is 54.8 Å². The van der Waals surface area contributed by atoms with Crippen molar-refractivity contribution >= 4 is 29.9 Å². The third-order valence-corrected chi connectivity index (χ3v) is 4.47. The van der Waals surface area contributed by atoms with Gasteiger partial charge >= 0.3 is 0 Å². The number of aryl methyl sites for hydroxylation is 2. The molecule has 0 radical (unpaired) electrons. The molecule has 25 heavy (non-hydrogen) atoms. The Kier molecular flexibility index (Phi) is 10.1. The van der Waals surface area contributed by atoms with Crippen molar-refractivity contribution in [3.05, 3.63) is 29.7 Å². The predicted octanol–water partition coefficient (Wildman–Crippen LogP) is 2.66. The molecule has 6 nitrogen and oxygen atoms in total. The summed E-state index contributed by atoms with van der Waals surface area (Å²) < 4.78 is 5.21. The zero-order valence-electron chi connectivity index (χ0n) is 15.7. The molecule has 1 aliphatic heterocycles. The summed E-state index contributed by atoms with van der Waals surface area (Å²) in [6.07, 6.45) is 5.12. The van der Waals surface area contributed by atoms with Gasteiger partial charge in [0.2, 0.25) is 0 Å². The first-order valence-electron chi connectivity index (χ1n) is 8.93. The van der Waals surface area contributed by atoms with E-state index in [1.165, 1.54) is 5.56 Å². The van der Waals surface area contributed by atoms with Crippen molar-refractivity contribution < 1.29 is 4.52 Å².